The van der Waals surface area contributed by atoms with Gasteiger partial charge in [0.2, 0.25) is 5.91 Å². The summed E-state index contributed by atoms with van der Waals surface area (Å²) in [5.41, 5.74) is 15.0. The zero-order valence-corrected chi connectivity index (χ0v) is 22.0. The Morgan fingerprint density at radius 3 is 2.23 bits per heavy atom. The Kier molecular flexibility index (Phi) is 10.2. The normalized spacial score (nSPS) is 14.7. The van der Waals surface area contributed by atoms with Crippen LogP contribution in [0.1, 0.15) is 51.3 Å². The second-order valence-corrected chi connectivity index (χ2v) is 11.0. The number of carbonyl (C=O) groups is 1. The van der Waals surface area contributed by atoms with Crippen LogP contribution in [-0.4, -0.2) is 54.2 Å². The Morgan fingerprint density at radius 2 is 1.69 bits per heavy atom. The topological polar surface area (TPSA) is 105 Å². The second kappa shape index (κ2) is 12.5. The van der Waals surface area contributed by atoms with Gasteiger partial charge in [-0.1, -0.05) is 58.9 Å². The molecule has 0 heterocycles. The van der Waals surface area contributed by atoms with Crippen molar-refractivity contribution >= 4 is 5.91 Å². The maximum atomic E-state index is 13.3. The third kappa shape index (κ3) is 8.60. The summed E-state index contributed by atoms with van der Waals surface area (Å²) in [7, 11) is 1.90. The fourth-order valence-corrected chi connectivity index (χ4v) is 4.56. The Bertz CT molecular complexity index is 956. The highest BCUT2D eigenvalue weighted by molar-refractivity contribution is 5.82. The van der Waals surface area contributed by atoms with Crippen LogP contribution < -0.4 is 16.8 Å². The zero-order valence-electron chi connectivity index (χ0n) is 22.0. The summed E-state index contributed by atoms with van der Waals surface area (Å²) in [6, 6.07) is 11.1. The Hall–Kier alpha value is -2.48. The van der Waals surface area contributed by atoms with Gasteiger partial charge in [-0.25, -0.2) is 4.39 Å². The third-order valence-electron chi connectivity index (χ3n) is 6.29. The van der Waals surface area contributed by atoms with E-state index in [9.17, 15) is 14.3 Å². The van der Waals surface area contributed by atoms with Crippen LogP contribution >= 0.6 is 0 Å². The number of amides is 1. The van der Waals surface area contributed by atoms with Crippen LogP contribution in [0.4, 0.5) is 4.39 Å². The molecule has 6 nitrogen and oxygen atoms in total. The van der Waals surface area contributed by atoms with Crippen LogP contribution in [-0.2, 0) is 23.1 Å². The minimum absolute atomic E-state index is 0.0672. The predicted octanol–water partition coefficient (Wildman–Crippen LogP) is 3.34. The van der Waals surface area contributed by atoms with Gasteiger partial charge in [-0.15, -0.1) is 0 Å². The zero-order chi connectivity index (χ0) is 26.3. The molecule has 7 heteroatoms. The van der Waals surface area contributed by atoms with E-state index in [1.54, 1.807) is 18.2 Å². The summed E-state index contributed by atoms with van der Waals surface area (Å²) in [5.74, 6) is -0.0141. The van der Waals surface area contributed by atoms with Crippen LogP contribution in [0.5, 0.6) is 5.75 Å². The number of rotatable bonds is 11. The summed E-state index contributed by atoms with van der Waals surface area (Å²) in [4.78, 5) is 15.3. The van der Waals surface area contributed by atoms with E-state index in [1.807, 2.05) is 37.9 Å². The molecule has 0 saturated heterocycles. The number of benzene rings is 2. The lowest BCUT2D eigenvalue weighted by Gasteiger charge is -2.33. The second-order valence-electron chi connectivity index (χ2n) is 11.0. The molecule has 1 amide bonds. The van der Waals surface area contributed by atoms with Gasteiger partial charge in [0, 0.05) is 25.2 Å². The highest BCUT2D eigenvalue weighted by atomic mass is 19.1. The molecule has 6 N–H and O–H groups in total. The number of hydrogen-bond acceptors (Lipinski definition) is 5. The van der Waals surface area contributed by atoms with Crippen molar-refractivity contribution in [2.24, 2.45) is 17.4 Å². The molecule has 3 atom stereocenters. The molecule has 35 heavy (non-hydrogen) atoms. The maximum Gasteiger partial charge on any atom is 0.237 e. The van der Waals surface area contributed by atoms with Gasteiger partial charge in [0.25, 0.3) is 0 Å². The van der Waals surface area contributed by atoms with Crippen molar-refractivity contribution in [3.63, 3.8) is 0 Å². The van der Waals surface area contributed by atoms with Crippen molar-refractivity contribution in [3.8, 4) is 5.75 Å². The number of halogens is 1. The van der Waals surface area contributed by atoms with E-state index in [4.69, 9.17) is 11.5 Å². The third-order valence-corrected chi connectivity index (χ3v) is 6.29. The summed E-state index contributed by atoms with van der Waals surface area (Å²) in [5, 5.41) is 13.4. The summed E-state index contributed by atoms with van der Waals surface area (Å²) < 4.78 is 13.2. The molecule has 0 aliphatic rings. The molecule has 0 saturated carbocycles. The smallest absolute Gasteiger partial charge is 0.237 e. The predicted molar refractivity (Wildman–Crippen MR) is 141 cm³/mol. The van der Waals surface area contributed by atoms with Crippen molar-refractivity contribution in [1.29, 1.82) is 0 Å². The highest BCUT2D eigenvalue weighted by Gasteiger charge is 2.29. The quantitative estimate of drug-likeness (QED) is 0.390. The average molecular weight is 487 g/mol. The standard InChI is InChI=1S/C28H43FN4O2/c1-18(2)26(33(6)17-22(31)13-19-7-10-21(29)11-8-19)27(35)32-23(16-30)14-20-9-12-25(34)24(15-20)28(3,4)5/h7-12,15,18,22-23,26,34H,13-14,16-17,30-31H2,1-6H3,(H,32,35). The molecule has 2 aromatic rings. The fourth-order valence-electron chi connectivity index (χ4n) is 4.56. The molecular weight excluding hydrogens is 443 g/mol. The van der Waals surface area contributed by atoms with Gasteiger partial charge in [0.05, 0.1) is 6.04 Å². The summed E-state index contributed by atoms with van der Waals surface area (Å²) in [6.45, 7) is 11.0. The highest BCUT2D eigenvalue weighted by Crippen LogP contribution is 2.31. The van der Waals surface area contributed by atoms with E-state index in [0.29, 0.717) is 25.9 Å². The van der Waals surface area contributed by atoms with Crippen LogP contribution in [0, 0.1) is 11.7 Å². The van der Waals surface area contributed by atoms with Crippen LogP contribution in [0.3, 0.4) is 0 Å². The first kappa shape index (κ1) is 28.8. The number of phenols is 1. The number of hydrogen-bond donors (Lipinski definition) is 4. The molecule has 0 bridgehead atoms. The Labute approximate surface area is 209 Å². The SMILES string of the molecule is CC(C)C(C(=O)NC(CN)Cc1ccc(O)c(C(C)(C)C)c1)N(C)CC(N)Cc1ccc(F)cc1. The minimum Gasteiger partial charge on any atom is -0.508 e. The number of aromatic hydroxyl groups is 1. The van der Waals surface area contributed by atoms with Gasteiger partial charge >= 0.3 is 0 Å². The number of likely N-dealkylation sites (N-methyl/N-ethyl adjacent to an activating group) is 1. The number of nitrogens with one attached hydrogen (secondary N) is 1. The van der Waals surface area contributed by atoms with Crippen molar-refractivity contribution in [1.82, 2.24) is 10.2 Å². The molecule has 0 aromatic heterocycles. The van der Waals surface area contributed by atoms with Gasteiger partial charge in [-0.05, 0) is 66.1 Å². The van der Waals surface area contributed by atoms with Crippen LogP contribution in [0.25, 0.3) is 0 Å². The Balaban J connectivity index is 2.05. The Morgan fingerprint density at radius 1 is 1.09 bits per heavy atom. The minimum atomic E-state index is -0.367. The van der Waals surface area contributed by atoms with Gasteiger partial charge < -0.3 is 21.9 Å². The molecule has 194 valence electrons. The van der Waals surface area contributed by atoms with Crippen LogP contribution in [0.15, 0.2) is 42.5 Å². The maximum absolute atomic E-state index is 13.3. The van der Waals surface area contributed by atoms with E-state index in [1.165, 1.54) is 12.1 Å². The molecule has 2 aromatic carbocycles. The van der Waals surface area contributed by atoms with Gasteiger partial charge in [-0.2, -0.15) is 0 Å². The van der Waals surface area contributed by atoms with Gasteiger partial charge in [-0.3, -0.25) is 9.69 Å². The average Bonchev–Trinajstić information content (AvgIpc) is 2.75. The lowest BCUT2D eigenvalue weighted by Crippen LogP contribution is -2.55. The van der Waals surface area contributed by atoms with Crippen molar-refractivity contribution in [3.05, 3.63) is 65.0 Å². The first-order valence-corrected chi connectivity index (χ1v) is 12.3. The molecule has 0 fully saturated rings. The summed E-state index contributed by atoms with van der Waals surface area (Å²) in [6.07, 6.45) is 1.17. The van der Waals surface area contributed by atoms with E-state index < -0.39 is 0 Å². The molecular formula is C28H43FN4O2. The largest absolute Gasteiger partial charge is 0.508 e. The first-order valence-electron chi connectivity index (χ1n) is 12.3. The fraction of sp³-hybridized carbons (Fsp3) is 0.536. The summed E-state index contributed by atoms with van der Waals surface area (Å²) >= 11 is 0. The molecule has 0 aliphatic carbocycles. The van der Waals surface area contributed by atoms with Gasteiger partial charge in [0.15, 0.2) is 0 Å². The molecule has 2 rings (SSSR count). The molecule has 0 aliphatic heterocycles. The monoisotopic (exact) mass is 486 g/mol. The van der Waals surface area contributed by atoms with Crippen molar-refractivity contribution < 1.29 is 14.3 Å². The van der Waals surface area contributed by atoms with Crippen molar-refractivity contribution in [2.45, 2.75) is 71.0 Å². The van der Waals surface area contributed by atoms with Crippen LogP contribution in [0.2, 0.25) is 0 Å². The molecule has 0 spiro atoms. The van der Waals surface area contributed by atoms with Gasteiger partial charge in [0.1, 0.15) is 11.6 Å². The number of nitrogens with two attached hydrogens (primary N) is 2. The van der Waals surface area contributed by atoms with Crippen molar-refractivity contribution in [2.75, 3.05) is 20.1 Å². The first-order chi connectivity index (χ1) is 16.3. The van der Waals surface area contributed by atoms with E-state index in [0.717, 1.165) is 16.7 Å². The number of carbonyl (C=O) groups excluding carboxylic acids is 1. The number of phenolic OH excluding ortho intramolecular Hbond substituents is 1. The lowest BCUT2D eigenvalue weighted by atomic mass is 9.85. The molecule has 0 radical (unpaired) electrons. The number of nitrogens with zero attached hydrogens (tertiary/aromatic N) is 1. The van der Waals surface area contributed by atoms with E-state index in [-0.39, 0.29) is 46.9 Å². The van der Waals surface area contributed by atoms with E-state index >= 15 is 0 Å². The molecule has 3 unspecified atom stereocenters. The van der Waals surface area contributed by atoms with E-state index in [2.05, 4.69) is 26.1 Å². The lowest BCUT2D eigenvalue weighted by molar-refractivity contribution is -0.128.